The number of ether oxygens (including phenoxy) is 3. The van der Waals surface area contributed by atoms with Crippen LogP contribution in [0.15, 0.2) is 233 Å². The summed E-state index contributed by atoms with van der Waals surface area (Å²) < 4.78 is 70.8. The number of methoxy groups -OCH3 is 1. The predicted molar refractivity (Wildman–Crippen MR) is 492 cm³/mol. The molecule has 5 aliphatic heterocycles. The van der Waals surface area contributed by atoms with Crippen molar-refractivity contribution in [1.29, 1.82) is 0 Å². The van der Waals surface area contributed by atoms with Crippen LogP contribution < -0.4 is 15.4 Å². The van der Waals surface area contributed by atoms with Crippen LogP contribution in [0, 0.1) is 12.7 Å². The molecule has 10 heterocycles. The van der Waals surface area contributed by atoms with Gasteiger partial charge in [-0.2, -0.15) is 13.2 Å². The first kappa shape index (κ1) is 85.9. The number of H-pyrrole nitrogens is 5. The Balaban J connectivity index is 0.000000114. The number of nitrogens with one attached hydrogen (secondary N) is 7. The van der Waals surface area contributed by atoms with E-state index in [1.807, 2.05) is 104 Å². The lowest BCUT2D eigenvalue weighted by atomic mass is 9.92. The molecule has 2 amide bonds. The van der Waals surface area contributed by atoms with Crippen LogP contribution in [0.3, 0.4) is 0 Å². The van der Waals surface area contributed by atoms with Crippen molar-refractivity contribution in [2.45, 2.75) is 128 Å². The van der Waals surface area contributed by atoms with Crippen molar-refractivity contribution < 1.29 is 41.4 Å². The minimum atomic E-state index is -4.33. The number of carbonyl (C=O) groups excluding carboxylic acids is 2. The lowest BCUT2D eigenvalue weighted by Crippen LogP contribution is -2.40. The number of rotatable bonds is 13. The van der Waals surface area contributed by atoms with Gasteiger partial charge in [0.2, 0.25) is 0 Å². The van der Waals surface area contributed by atoms with E-state index in [4.69, 9.17) is 37.4 Å². The van der Waals surface area contributed by atoms with Gasteiger partial charge in [-0.1, -0.05) is 196 Å². The lowest BCUT2D eigenvalue weighted by Gasteiger charge is -2.36. The Kier molecular flexibility index (Phi) is 26.7. The molecule has 5 aromatic heterocycles. The topological polar surface area (TPSA) is 175 Å². The Morgan fingerprint density at radius 1 is 0.463 bits per heavy atom. The molecule has 10 aromatic carbocycles. The number of halogens is 8. The van der Waals surface area contributed by atoms with Gasteiger partial charge in [-0.25, -0.2) is 14.0 Å². The van der Waals surface area contributed by atoms with Gasteiger partial charge < -0.3 is 49.8 Å². The van der Waals surface area contributed by atoms with E-state index in [1.54, 1.807) is 37.1 Å². The number of fused-ring (bicyclic) bond motifs is 15. The first-order valence-corrected chi connectivity index (χ1v) is 44.6. The smallest absolute Gasteiger partial charge is 0.416 e. The number of unbranched alkanes of at least 4 members (excludes halogenated alkanes) is 2. The molecule has 0 radical (unpaired) electrons. The zero-order valence-corrected chi connectivity index (χ0v) is 73.9. The zero-order chi connectivity index (χ0) is 85.6. The van der Waals surface area contributed by atoms with Gasteiger partial charge in [-0.05, 0) is 230 Å². The monoisotopic (exact) mass is 1820 g/mol. The highest BCUT2D eigenvalue weighted by molar-refractivity contribution is 9.10. The minimum absolute atomic E-state index is 0.157. The van der Waals surface area contributed by atoms with Gasteiger partial charge in [-0.15, -0.1) is 0 Å². The summed E-state index contributed by atoms with van der Waals surface area (Å²) in [6.45, 7) is 13.7. The Labute approximate surface area is 739 Å². The molecule has 20 rings (SSSR count). The summed E-state index contributed by atoms with van der Waals surface area (Å²) in [6, 6.07) is 72.1. The largest absolute Gasteiger partial charge is 0.497 e. The number of nitrogens with zero attached hydrogens (tertiary/aromatic N) is 3. The van der Waals surface area contributed by atoms with E-state index in [0.29, 0.717) is 44.3 Å². The lowest BCUT2D eigenvalue weighted by molar-refractivity contribution is -0.137. The van der Waals surface area contributed by atoms with E-state index in [-0.39, 0.29) is 42.2 Å². The fourth-order valence-electron chi connectivity index (χ4n) is 18.4. The van der Waals surface area contributed by atoms with Crippen LogP contribution in [-0.4, -0.2) is 105 Å². The van der Waals surface area contributed by atoms with Crippen molar-refractivity contribution in [2.24, 2.45) is 0 Å². The third-order valence-electron chi connectivity index (χ3n) is 24.1. The van der Waals surface area contributed by atoms with Crippen LogP contribution >= 0.6 is 55.1 Å². The van der Waals surface area contributed by atoms with Crippen LogP contribution in [0.5, 0.6) is 5.75 Å². The minimum Gasteiger partial charge on any atom is -0.497 e. The molecular weight excluding hydrogens is 1730 g/mol. The normalized spacial score (nSPS) is 17.2. The fraction of sp³-hybridized carbons (Fsp3) is 0.280. The molecule has 0 saturated heterocycles. The molecule has 15 nitrogen and oxygen atoms in total. The maximum Gasteiger partial charge on any atom is 0.416 e. The van der Waals surface area contributed by atoms with Gasteiger partial charge in [0.15, 0.2) is 0 Å². The summed E-state index contributed by atoms with van der Waals surface area (Å²) in [5.41, 5.74) is 23.2. The highest BCUT2D eigenvalue weighted by Gasteiger charge is 2.39. The molecule has 5 atom stereocenters. The van der Waals surface area contributed by atoms with Gasteiger partial charge in [0.25, 0.3) is 0 Å². The maximum absolute atomic E-state index is 13.8. The summed E-state index contributed by atoms with van der Waals surface area (Å²) in [7, 11) is 1.70. The quantitative estimate of drug-likeness (QED) is 0.0441. The van der Waals surface area contributed by atoms with E-state index in [0.717, 1.165) is 155 Å². The molecule has 0 spiro atoms. The zero-order valence-electron chi connectivity index (χ0n) is 69.2. The molecule has 0 saturated carbocycles. The fourth-order valence-corrected chi connectivity index (χ4v) is 19.5. The van der Waals surface area contributed by atoms with Crippen molar-refractivity contribution in [3.63, 3.8) is 0 Å². The molecule has 7 N–H and O–H groups in total. The summed E-state index contributed by atoms with van der Waals surface area (Å²) in [6.07, 6.45) is 4.57. The summed E-state index contributed by atoms with van der Waals surface area (Å²) in [5.74, 6) is 0.629. The summed E-state index contributed by atoms with van der Waals surface area (Å²) in [5, 5.41) is 14.3. The molecule has 0 fully saturated rings. The third kappa shape index (κ3) is 18.8. The number of aromatic amines is 5. The van der Waals surface area contributed by atoms with Crippen molar-refractivity contribution in [3.05, 3.63) is 344 Å². The molecular formula is C100H98Br2Cl2F4N10O5. The molecule has 123 heavy (non-hydrogen) atoms. The summed E-state index contributed by atoms with van der Waals surface area (Å²) >= 11 is 19.5. The number of carbonyl (C=O) groups is 2. The highest BCUT2D eigenvalue weighted by atomic mass is 79.9. The van der Waals surface area contributed by atoms with E-state index in [1.165, 1.54) is 110 Å². The van der Waals surface area contributed by atoms with Gasteiger partial charge in [0.1, 0.15) is 23.7 Å². The Morgan fingerprint density at radius 3 is 1.44 bits per heavy atom. The average molecular weight is 1830 g/mol. The Morgan fingerprint density at radius 2 is 0.911 bits per heavy atom. The number of aromatic nitrogens is 5. The Bertz CT molecular complexity index is 6270. The second-order valence-electron chi connectivity index (χ2n) is 31.8. The van der Waals surface area contributed by atoms with Gasteiger partial charge >= 0.3 is 18.4 Å². The molecule has 0 aliphatic carbocycles. The van der Waals surface area contributed by atoms with Crippen molar-refractivity contribution >= 4 is 122 Å². The summed E-state index contributed by atoms with van der Waals surface area (Å²) in [4.78, 5) is 49.0. The van der Waals surface area contributed by atoms with Crippen LogP contribution in [0.1, 0.15) is 172 Å². The predicted octanol–water partition coefficient (Wildman–Crippen LogP) is 25.5. The number of benzene rings is 10. The number of aryl methyl sites for hydroxylation is 1. The first-order chi connectivity index (χ1) is 59.7. The van der Waals surface area contributed by atoms with E-state index in [2.05, 4.69) is 176 Å². The number of amides is 2. The highest BCUT2D eigenvalue weighted by Crippen LogP contribution is 2.45. The maximum atomic E-state index is 13.8. The number of hydrogen-bond acceptors (Lipinski definition) is 8. The van der Waals surface area contributed by atoms with Crippen LogP contribution in [0.4, 0.5) is 27.2 Å². The van der Waals surface area contributed by atoms with Crippen LogP contribution in [0.2, 0.25) is 10.0 Å². The van der Waals surface area contributed by atoms with Gasteiger partial charge in [0.05, 0.1) is 44.0 Å². The molecule has 0 bridgehead atoms. The molecule has 5 aliphatic rings. The van der Waals surface area contributed by atoms with Gasteiger partial charge in [0, 0.05) is 141 Å². The van der Waals surface area contributed by atoms with E-state index in [9.17, 15) is 27.2 Å². The standard InChI is InChI=1S/C23H27ClN2.C21H21FN2O2.C20H19BrN2O2.C18H14BrF3N2.C18H17ClN2O/c1-2-3-5-10-22-23-19(20-15-18(24)11-12-21(20)25-23)13-14-26(22)16-17-8-6-4-7-9-17;1-3-26-21(25)24-11-10-16-17-12-15(22)8-9-18(17)23-19(16)20(24)14-6-4-13(2)5-7-14;1-2-25-20(24)23-11-10-15-16-12-14(21)8-9-17(16)22-18(15)19(23)13-6-4-3-5-7-13;19-12-4-5-15-14(9-12)13-6-7-23-16(17(13)24-15)10-2-1-3-11(8-10)18(20,21)22;1-22-13-4-2-3-11(9-13)17-18-14(7-8-20-17)15-10-12(19)5-6-16(15)21-18/h4,6-9,11-12,15,22,25H,2-3,5,10,13-14,16H2,1H3;4-9,12,20,23H,3,10-11H2,1-2H3;3-9,12,19,22H,2,10-11H2,1H3;1-5,8-9,16,23-24H,6-7H2;2-6,9-10,17,20-21H,7-8H2,1H3. The Hall–Kier alpha value is -10.6. The van der Waals surface area contributed by atoms with Crippen molar-refractivity contribution in [1.82, 2.24) is 50.3 Å². The molecule has 5 unspecified atom stereocenters. The average Bonchev–Trinajstić information content (AvgIpc) is 1.61. The van der Waals surface area contributed by atoms with Crippen LogP contribution in [0.25, 0.3) is 54.5 Å². The van der Waals surface area contributed by atoms with E-state index >= 15 is 0 Å². The number of hydrogen-bond donors (Lipinski definition) is 7. The van der Waals surface area contributed by atoms with Crippen LogP contribution in [-0.2, 0) is 54.3 Å². The SMILES string of the molecule is CCCCCC1c2[nH]c3ccc(Cl)cc3c2CCN1Cc1ccccc1.CCOC(=O)N1CCc2c([nH]c3ccc(Br)cc23)C1c1ccccc1.CCOC(=O)N1CCc2c([nH]c3ccc(F)cc23)C1c1ccc(C)cc1.COc1cccc(C2NCCc3c2[nH]c2ccc(Cl)cc32)c1.FC(F)(F)c1cccc(C2NCCc3c2[nH]c2ccc(Br)cc32)c1. The van der Waals surface area contributed by atoms with Crippen molar-refractivity contribution in [2.75, 3.05) is 53.0 Å². The molecule has 634 valence electrons. The van der Waals surface area contributed by atoms with Crippen molar-refractivity contribution in [3.8, 4) is 5.75 Å². The molecule has 15 aromatic rings. The number of alkyl halides is 3. The first-order valence-electron chi connectivity index (χ1n) is 42.3. The third-order valence-corrected chi connectivity index (χ3v) is 25.6. The molecule has 23 heteroatoms. The second-order valence-corrected chi connectivity index (χ2v) is 34.5. The van der Waals surface area contributed by atoms with E-state index < -0.39 is 11.7 Å². The van der Waals surface area contributed by atoms with Gasteiger partial charge in [-0.3, -0.25) is 14.7 Å². The second kappa shape index (κ2) is 38.2.